The lowest BCUT2D eigenvalue weighted by Crippen LogP contribution is -2.15. The highest BCUT2D eigenvalue weighted by atomic mass is 79.9. The van der Waals surface area contributed by atoms with Crippen molar-refractivity contribution in [3.05, 3.63) is 99.3 Å². The lowest BCUT2D eigenvalue weighted by molar-refractivity contribution is 0.102. The number of hydrogen-bond acceptors (Lipinski definition) is 6. The molecule has 2 aromatic carbocycles. The summed E-state index contributed by atoms with van der Waals surface area (Å²) in [5.41, 5.74) is 4.60. The molecule has 0 spiro atoms. The van der Waals surface area contributed by atoms with E-state index in [-0.39, 0.29) is 10.9 Å². The van der Waals surface area contributed by atoms with Gasteiger partial charge in [0, 0.05) is 18.5 Å². The quantitative estimate of drug-likeness (QED) is 0.166. The number of aromatic amines is 1. The number of unbranched alkanes of at least 4 members (excludes halogenated alkanes) is 1. The highest BCUT2D eigenvalue weighted by Crippen LogP contribution is 2.30. The largest absolute Gasteiger partial charge is 0.319 e. The lowest BCUT2D eigenvalue weighted by atomic mass is 9.98. The van der Waals surface area contributed by atoms with E-state index >= 15 is 0 Å². The third-order valence-electron chi connectivity index (χ3n) is 6.04. The molecule has 0 aliphatic heterocycles. The van der Waals surface area contributed by atoms with Crippen molar-refractivity contribution in [1.82, 2.24) is 35.2 Å². The fraction of sp³-hybridized carbons (Fsp3) is 0.185. The summed E-state index contributed by atoms with van der Waals surface area (Å²) in [5, 5.41) is 14.7. The topological polar surface area (TPSA) is 102 Å². The number of carbonyl (C=O) groups excluding carboxylic acids is 1. The van der Waals surface area contributed by atoms with Crippen LogP contribution in [0, 0.1) is 0 Å². The van der Waals surface area contributed by atoms with Gasteiger partial charge in [-0.3, -0.25) is 4.79 Å². The van der Waals surface area contributed by atoms with Crippen LogP contribution in [0.4, 0.5) is 0 Å². The zero-order valence-electron chi connectivity index (χ0n) is 20.0. The third-order valence-corrected chi connectivity index (χ3v) is 6.74. The zero-order chi connectivity index (χ0) is 25.8. The predicted molar refractivity (Wildman–Crippen MR) is 145 cm³/mol. The van der Waals surface area contributed by atoms with Gasteiger partial charge in [0.15, 0.2) is 5.15 Å². The molecule has 10 heteroatoms. The maximum atomic E-state index is 13.5. The van der Waals surface area contributed by atoms with Gasteiger partial charge >= 0.3 is 0 Å². The molecule has 0 bridgehead atoms. The van der Waals surface area contributed by atoms with E-state index in [0.29, 0.717) is 28.4 Å². The van der Waals surface area contributed by atoms with E-state index in [1.807, 2.05) is 41.0 Å². The summed E-state index contributed by atoms with van der Waals surface area (Å²) in [6.07, 6.45) is 2.68. The number of aromatic nitrogens is 7. The third kappa shape index (κ3) is 5.38. The summed E-state index contributed by atoms with van der Waals surface area (Å²) in [4.78, 5) is 22.4. The normalized spacial score (nSPS) is 11.1. The zero-order valence-corrected chi connectivity index (χ0v) is 22.4. The Morgan fingerprint density at radius 3 is 2.49 bits per heavy atom. The van der Waals surface area contributed by atoms with Crippen molar-refractivity contribution in [2.45, 2.75) is 32.7 Å². The molecule has 0 aliphatic rings. The van der Waals surface area contributed by atoms with Crippen LogP contribution in [0.1, 0.15) is 47.3 Å². The first-order valence-electron chi connectivity index (χ1n) is 11.9. The predicted octanol–water partition coefficient (Wildman–Crippen LogP) is 6.16. The molecule has 5 aromatic rings. The molecule has 0 amide bonds. The summed E-state index contributed by atoms with van der Waals surface area (Å²) in [6.45, 7) is 2.58. The number of aryl methyl sites for hydroxylation is 1. The SMILES string of the molecule is CCCCc1nc(Cl)c(C(=O)c2cccc(Br)n2)n1Cc1ccc(-c2ccccc2-c2nn[nH]n2)cc1. The molecule has 0 unspecified atom stereocenters. The fourth-order valence-corrected chi connectivity index (χ4v) is 4.84. The van der Waals surface area contributed by atoms with Crippen LogP contribution in [0.2, 0.25) is 5.15 Å². The molecule has 0 atom stereocenters. The smallest absolute Gasteiger partial charge is 0.230 e. The second-order valence-electron chi connectivity index (χ2n) is 8.51. The first-order valence-corrected chi connectivity index (χ1v) is 13.1. The molecule has 3 aromatic heterocycles. The number of halogens is 2. The number of hydrogen-bond donors (Lipinski definition) is 1. The summed E-state index contributed by atoms with van der Waals surface area (Å²) in [7, 11) is 0. The molecular formula is C27H23BrClN7O. The van der Waals surface area contributed by atoms with E-state index in [9.17, 15) is 4.79 Å². The Morgan fingerprint density at radius 2 is 1.78 bits per heavy atom. The van der Waals surface area contributed by atoms with Crippen molar-refractivity contribution in [2.24, 2.45) is 0 Å². The van der Waals surface area contributed by atoms with Crippen molar-refractivity contribution in [3.8, 4) is 22.5 Å². The fourth-order valence-electron chi connectivity index (χ4n) is 4.21. The second-order valence-corrected chi connectivity index (χ2v) is 9.68. The molecular weight excluding hydrogens is 554 g/mol. The van der Waals surface area contributed by atoms with Crippen LogP contribution in [0.25, 0.3) is 22.5 Å². The summed E-state index contributed by atoms with van der Waals surface area (Å²) < 4.78 is 2.51. The number of carbonyl (C=O) groups is 1. The van der Waals surface area contributed by atoms with E-state index in [4.69, 9.17) is 11.6 Å². The minimum Gasteiger partial charge on any atom is -0.319 e. The van der Waals surface area contributed by atoms with Gasteiger partial charge in [0.1, 0.15) is 21.8 Å². The number of nitrogens with one attached hydrogen (secondary N) is 1. The highest BCUT2D eigenvalue weighted by Gasteiger charge is 2.24. The molecule has 186 valence electrons. The number of rotatable bonds is 9. The number of benzene rings is 2. The molecule has 0 radical (unpaired) electrons. The number of pyridine rings is 1. The Labute approximate surface area is 227 Å². The molecule has 0 fully saturated rings. The van der Waals surface area contributed by atoms with Crippen molar-refractivity contribution < 1.29 is 4.79 Å². The van der Waals surface area contributed by atoms with Crippen LogP contribution in [0.5, 0.6) is 0 Å². The Balaban J connectivity index is 1.49. The Kier molecular flexibility index (Phi) is 7.52. The molecule has 5 rings (SSSR count). The number of ketones is 1. The van der Waals surface area contributed by atoms with E-state index in [1.54, 1.807) is 18.2 Å². The monoisotopic (exact) mass is 575 g/mol. The van der Waals surface area contributed by atoms with Crippen molar-refractivity contribution in [2.75, 3.05) is 0 Å². The standard InChI is InChI=1S/C27H23BrClN7O/c1-2-3-11-23-31-26(29)24(25(37)21-9-6-10-22(28)30-21)36(23)16-17-12-14-18(15-13-17)19-7-4-5-8-20(19)27-32-34-35-33-27/h4-10,12-15H,2-3,11,16H2,1H3,(H,32,33,34,35). The molecule has 1 N–H and O–H groups in total. The van der Waals surface area contributed by atoms with Gasteiger partial charge in [0.05, 0.1) is 0 Å². The van der Waals surface area contributed by atoms with Crippen molar-refractivity contribution >= 4 is 33.3 Å². The summed E-state index contributed by atoms with van der Waals surface area (Å²) in [6, 6.07) is 21.4. The van der Waals surface area contributed by atoms with Gasteiger partial charge in [-0.2, -0.15) is 5.21 Å². The van der Waals surface area contributed by atoms with E-state index in [1.165, 1.54) is 0 Å². The summed E-state index contributed by atoms with van der Waals surface area (Å²) in [5.74, 6) is 1.07. The number of imidazole rings is 1. The molecule has 37 heavy (non-hydrogen) atoms. The van der Waals surface area contributed by atoms with Crippen LogP contribution >= 0.6 is 27.5 Å². The molecule has 3 heterocycles. The Bertz CT molecular complexity index is 1530. The molecule has 0 saturated heterocycles. The maximum absolute atomic E-state index is 13.5. The van der Waals surface area contributed by atoms with Crippen molar-refractivity contribution in [3.63, 3.8) is 0 Å². The van der Waals surface area contributed by atoms with Crippen LogP contribution in [0.3, 0.4) is 0 Å². The first kappa shape index (κ1) is 25.0. The Hall–Kier alpha value is -3.69. The molecule has 0 saturated carbocycles. The van der Waals surface area contributed by atoms with Crippen LogP contribution in [0.15, 0.2) is 71.3 Å². The minimum atomic E-state index is -0.257. The van der Waals surface area contributed by atoms with Gasteiger partial charge in [-0.15, -0.1) is 10.2 Å². The average Bonchev–Trinajstić information content (AvgIpc) is 3.56. The van der Waals surface area contributed by atoms with Crippen LogP contribution in [-0.2, 0) is 13.0 Å². The van der Waals surface area contributed by atoms with Crippen LogP contribution in [-0.4, -0.2) is 40.9 Å². The van der Waals surface area contributed by atoms with Gasteiger partial charge < -0.3 is 4.57 Å². The highest BCUT2D eigenvalue weighted by molar-refractivity contribution is 9.10. The first-order chi connectivity index (χ1) is 18.0. The maximum Gasteiger partial charge on any atom is 0.230 e. The average molecular weight is 577 g/mol. The minimum absolute atomic E-state index is 0.198. The van der Waals surface area contributed by atoms with E-state index in [0.717, 1.165) is 47.3 Å². The van der Waals surface area contributed by atoms with E-state index < -0.39 is 0 Å². The van der Waals surface area contributed by atoms with Gasteiger partial charge in [-0.1, -0.05) is 79.5 Å². The van der Waals surface area contributed by atoms with Crippen LogP contribution < -0.4 is 0 Å². The number of nitrogens with zero attached hydrogens (tertiary/aromatic N) is 6. The number of H-pyrrole nitrogens is 1. The van der Waals surface area contributed by atoms with Gasteiger partial charge in [0.25, 0.3) is 0 Å². The molecule has 8 nitrogen and oxygen atoms in total. The molecule has 0 aliphatic carbocycles. The van der Waals surface area contributed by atoms with Crippen molar-refractivity contribution in [1.29, 1.82) is 0 Å². The summed E-state index contributed by atoms with van der Waals surface area (Å²) >= 11 is 9.88. The second kappa shape index (κ2) is 11.1. The number of tetrazole rings is 1. The van der Waals surface area contributed by atoms with Gasteiger partial charge in [-0.25, -0.2) is 9.97 Å². The van der Waals surface area contributed by atoms with Gasteiger partial charge in [0.2, 0.25) is 11.6 Å². The lowest BCUT2D eigenvalue weighted by Gasteiger charge is -2.13. The Morgan fingerprint density at radius 1 is 1.00 bits per heavy atom. The van der Waals surface area contributed by atoms with E-state index in [2.05, 4.69) is 65.6 Å². The van der Waals surface area contributed by atoms with Gasteiger partial charge in [-0.05, 0) is 56.4 Å².